The van der Waals surface area contributed by atoms with Crippen LogP contribution in [-0.2, 0) is 16.5 Å². The van der Waals surface area contributed by atoms with Gasteiger partial charge in [0, 0.05) is 0 Å². The molecule has 36 heavy (non-hydrogen) atoms. The third-order valence-corrected chi connectivity index (χ3v) is 23.1. The lowest BCUT2D eigenvalue weighted by Gasteiger charge is -2.42. The number of aromatic carboxylic acids is 1. The molecule has 0 aliphatic heterocycles. The van der Waals surface area contributed by atoms with Gasteiger partial charge < -0.3 is 26.3 Å². The average molecular weight is 591 g/mol. The number of benzene rings is 1. The highest BCUT2D eigenvalue weighted by Crippen LogP contribution is 2.28. The van der Waals surface area contributed by atoms with Crippen molar-refractivity contribution in [3.8, 4) is 5.75 Å². The molecule has 0 aliphatic carbocycles. The molecule has 0 spiro atoms. The molecule has 0 radical (unpaired) electrons. The molecule has 0 aliphatic rings. The largest absolute Gasteiger partial charge is 0.494 e. The number of carbonyl (C=O) groups is 1. The fraction of sp³-hybridized carbons (Fsp3) is 0.708. The first-order valence-corrected chi connectivity index (χ1v) is 28.0. The third-order valence-electron chi connectivity index (χ3n) is 5.10. The topological polar surface area (TPSA) is 83.5 Å². The van der Waals surface area contributed by atoms with Crippen molar-refractivity contribution in [3.63, 3.8) is 0 Å². The van der Waals surface area contributed by atoms with Crippen LogP contribution < -0.4 is 4.74 Å². The fourth-order valence-electron chi connectivity index (χ4n) is 4.59. The molecule has 7 nitrogen and oxygen atoms in total. The molecule has 0 fully saturated rings. The Kier molecular flexibility index (Phi) is 12.5. The molecule has 0 atom stereocenters. The maximum Gasteiger partial charge on any atom is 0.335 e. The van der Waals surface area contributed by atoms with Gasteiger partial charge >= 0.3 is 31.7 Å². The summed E-state index contributed by atoms with van der Waals surface area (Å²) < 4.78 is 32.0. The minimum atomic E-state index is -2.39. The van der Waals surface area contributed by atoms with Crippen LogP contribution in [0.25, 0.3) is 0 Å². The van der Waals surface area contributed by atoms with Gasteiger partial charge in [-0.05, 0) is 109 Å². The van der Waals surface area contributed by atoms with Crippen molar-refractivity contribution in [1.29, 1.82) is 0 Å². The second kappa shape index (κ2) is 13.5. The van der Waals surface area contributed by atoms with E-state index in [9.17, 15) is 4.79 Å². The van der Waals surface area contributed by atoms with E-state index in [0.717, 1.165) is 31.7 Å². The normalized spacial score (nSPS) is 13.6. The highest BCUT2D eigenvalue weighted by Gasteiger charge is 2.45. The number of carboxylic acids is 1. The molecule has 0 heterocycles. The lowest BCUT2D eigenvalue weighted by molar-refractivity contribution is 0.0696. The van der Waals surface area contributed by atoms with Gasteiger partial charge in [-0.1, -0.05) is 19.3 Å². The highest BCUT2D eigenvalue weighted by molar-refractivity contribution is 6.90. The van der Waals surface area contributed by atoms with Gasteiger partial charge in [0.15, 0.2) is 16.6 Å². The Morgan fingerprint density at radius 3 is 1.64 bits per heavy atom. The summed E-state index contributed by atoms with van der Waals surface area (Å²) in [4.78, 5) is 10.9. The van der Waals surface area contributed by atoms with Crippen molar-refractivity contribution in [2.45, 2.75) is 104 Å². The minimum Gasteiger partial charge on any atom is -0.494 e. The maximum atomic E-state index is 10.9. The maximum absolute atomic E-state index is 10.9. The molecule has 1 aromatic carbocycles. The number of rotatable bonds is 17. The van der Waals surface area contributed by atoms with Crippen molar-refractivity contribution in [3.05, 3.63) is 29.8 Å². The molecule has 0 bridgehead atoms. The van der Waals surface area contributed by atoms with Gasteiger partial charge in [-0.2, -0.15) is 0 Å². The van der Waals surface area contributed by atoms with E-state index in [1.807, 2.05) is 0 Å². The first-order valence-electron chi connectivity index (χ1n) is 13.0. The predicted octanol–water partition coefficient (Wildman–Crippen LogP) is 7.54. The van der Waals surface area contributed by atoms with E-state index < -0.39 is 48.3 Å². The Morgan fingerprint density at radius 1 is 0.667 bits per heavy atom. The van der Waals surface area contributed by atoms with Crippen molar-refractivity contribution in [2.24, 2.45) is 0 Å². The molecule has 12 heteroatoms. The molecule has 1 aromatic rings. The van der Waals surface area contributed by atoms with Crippen molar-refractivity contribution in [1.82, 2.24) is 0 Å². The van der Waals surface area contributed by atoms with Gasteiger partial charge in [0.1, 0.15) is 5.75 Å². The monoisotopic (exact) mass is 590 g/mol. The van der Waals surface area contributed by atoms with Gasteiger partial charge in [-0.3, -0.25) is 0 Å². The van der Waals surface area contributed by atoms with Crippen LogP contribution >= 0.6 is 0 Å². The van der Waals surface area contributed by atoms with E-state index in [1.54, 1.807) is 24.3 Å². The Morgan fingerprint density at radius 2 is 1.14 bits per heavy atom. The van der Waals surface area contributed by atoms with Crippen LogP contribution in [0.2, 0.25) is 78.1 Å². The highest BCUT2D eigenvalue weighted by atomic mass is 28.5. The van der Waals surface area contributed by atoms with Crippen LogP contribution in [0.3, 0.4) is 0 Å². The number of hydrogen-bond donors (Lipinski definition) is 1. The van der Waals surface area contributed by atoms with Crippen LogP contribution in [0, 0.1) is 0 Å². The van der Waals surface area contributed by atoms with Crippen molar-refractivity contribution >= 4 is 48.3 Å². The first kappa shape index (κ1) is 33.4. The molecule has 0 amide bonds. The molecule has 0 aromatic heterocycles. The van der Waals surface area contributed by atoms with Crippen LogP contribution in [0.4, 0.5) is 0 Å². The Bertz CT molecular complexity index is 821. The van der Waals surface area contributed by atoms with E-state index >= 15 is 0 Å². The average Bonchev–Trinajstić information content (AvgIpc) is 2.62. The van der Waals surface area contributed by atoms with Gasteiger partial charge in [0.05, 0.1) is 12.2 Å². The summed E-state index contributed by atoms with van der Waals surface area (Å²) in [6, 6.07) is 7.66. The van der Waals surface area contributed by atoms with Crippen LogP contribution in [0.1, 0.15) is 36.0 Å². The number of hydrogen-bond acceptors (Lipinski definition) is 6. The number of unbranched alkanes of at least 4 members (excludes halogenated alkanes) is 3. The summed E-state index contributed by atoms with van der Waals surface area (Å²) in [5, 5.41) is 8.96. The molecular weight excluding hydrogens is 541 g/mol. The summed E-state index contributed by atoms with van der Waals surface area (Å²) in [7, 11) is -10.5. The molecule has 1 N–H and O–H groups in total. The second-order valence-corrected chi connectivity index (χ2v) is 32.2. The summed E-state index contributed by atoms with van der Waals surface area (Å²) in [5.41, 5.74) is 0.271. The SMILES string of the molecule is C[Si](C)(C)O[Si](C)(C)O[Si](C)(C)O[Si](C)(C)O[Si](C)(C)CCCCCCOc1ccc(C(=O)O)cc1. The third kappa shape index (κ3) is 15.0. The van der Waals surface area contributed by atoms with Gasteiger partial charge in [0.25, 0.3) is 0 Å². The summed E-state index contributed by atoms with van der Waals surface area (Å²) in [5.74, 6) is -0.214. The molecule has 0 saturated heterocycles. The fourth-order valence-corrected chi connectivity index (χ4v) is 28.4. The Hall–Kier alpha value is -0.586. The van der Waals surface area contributed by atoms with E-state index in [-0.39, 0.29) is 5.56 Å². The Labute approximate surface area is 224 Å². The van der Waals surface area contributed by atoms with Crippen LogP contribution in [-0.4, -0.2) is 60.0 Å². The molecule has 0 saturated carbocycles. The molecule has 0 unspecified atom stereocenters. The first-order chi connectivity index (χ1) is 16.2. The van der Waals surface area contributed by atoms with E-state index in [4.69, 9.17) is 26.3 Å². The second-order valence-electron chi connectivity index (χ2n) is 12.3. The zero-order valence-corrected chi connectivity index (χ0v) is 29.4. The van der Waals surface area contributed by atoms with Crippen molar-refractivity contribution < 1.29 is 31.1 Å². The number of carboxylic acid groups (broad SMARTS) is 1. The summed E-state index contributed by atoms with van der Waals surface area (Å²) >= 11 is 0. The summed E-state index contributed by atoms with van der Waals surface area (Å²) in [6.07, 6.45) is 4.35. The molecule has 208 valence electrons. The Balaban J connectivity index is 2.39. The zero-order valence-electron chi connectivity index (χ0n) is 24.4. The summed E-state index contributed by atoms with van der Waals surface area (Å²) in [6.45, 7) is 24.6. The van der Waals surface area contributed by atoms with Gasteiger partial charge in [-0.15, -0.1) is 0 Å². The van der Waals surface area contributed by atoms with Crippen LogP contribution in [0.5, 0.6) is 5.75 Å². The van der Waals surface area contributed by atoms with Crippen molar-refractivity contribution in [2.75, 3.05) is 6.61 Å². The quantitative estimate of drug-likeness (QED) is 0.148. The minimum absolute atomic E-state index is 0.271. The predicted molar refractivity (Wildman–Crippen MR) is 160 cm³/mol. The van der Waals surface area contributed by atoms with E-state index in [2.05, 4.69) is 72.0 Å². The van der Waals surface area contributed by atoms with Gasteiger partial charge in [0.2, 0.25) is 0 Å². The standard InChI is InChI=1S/C24H50O7Si5/c1-32(2,3)28-34(6,7)30-36(10,11)31-35(8,9)29-33(4,5)21-15-13-12-14-20-27-23-18-16-22(17-19-23)24(25)26/h16-19H,12-15,20-21H2,1-11H3,(H,25,26). The number of ether oxygens (including phenoxy) is 1. The zero-order chi connectivity index (χ0) is 27.8. The van der Waals surface area contributed by atoms with E-state index in [0.29, 0.717) is 12.4 Å². The smallest absolute Gasteiger partial charge is 0.335 e. The lowest BCUT2D eigenvalue weighted by Crippen LogP contribution is -2.58. The molecular formula is C24H50O7Si5. The lowest BCUT2D eigenvalue weighted by atomic mass is 10.2. The van der Waals surface area contributed by atoms with Gasteiger partial charge in [-0.25, -0.2) is 4.79 Å². The van der Waals surface area contributed by atoms with E-state index in [1.165, 1.54) is 0 Å². The molecule has 1 rings (SSSR count). The van der Waals surface area contributed by atoms with Crippen LogP contribution in [0.15, 0.2) is 24.3 Å².